The van der Waals surface area contributed by atoms with Crippen LogP contribution in [0.2, 0.25) is 0 Å². The first-order chi connectivity index (χ1) is 11.0. The topological polar surface area (TPSA) is 71.4 Å². The number of fused-ring (bicyclic) bond motifs is 4. The summed E-state index contributed by atoms with van der Waals surface area (Å²) in [4.78, 5) is 37.9. The van der Waals surface area contributed by atoms with E-state index in [2.05, 4.69) is 5.32 Å². The van der Waals surface area contributed by atoms with Crippen LogP contribution in [0.25, 0.3) is 0 Å². The van der Waals surface area contributed by atoms with E-state index in [0.29, 0.717) is 32.0 Å². The Morgan fingerprint density at radius 2 is 2.09 bits per heavy atom. The third-order valence-corrected chi connectivity index (χ3v) is 4.88. The number of hydrogen-bond donors (Lipinski definition) is 1. The molecule has 2 aliphatic rings. The molecule has 1 fully saturated rings. The second-order valence-electron chi connectivity index (χ2n) is 6.60. The van der Waals surface area contributed by atoms with Crippen molar-refractivity contribution < 1.29 is 9.59 Å². The summed E-state index contributed by atoms with van der Waals surface area (Å²) in [5.41, 5.74) is 1.07. The van der Waals surface area contributed by atoms with Gasteiger partial charge in [0.1, 0.15) is 6.04 Å². The number of rotatable bonds is 3. The fraction of sp³-hybridized carbons (Fsp3) is 0.588. The van der Waals surface area contributed by atoms with Gasteiger partial charge in [0.25, 0.3) is 5.56 Å². The molecule has 0 radical (unpaired) electrons. The van der Waals surface area contributed by atoms with Gasteiger partial charge in [-0.3, -0.25) is 14.4 Å². The number of amides is 2. The Labute approximate surface area is 135 Å². The minimum atomic E-state index is -0.454. The van der Waals surface area contributed by atoms with E-state index in [9.17, 15) is 14.4 Å². The standard InChI is InChI=1S/C17H23N3O3/c1-3-14(18-11(2)21)17(23)19-8-12-7-13(10-19)15-5-4-6-16(22)20(15)9-12/h4-6,12-14H,3,7-10H2,1-2H3,(H,18,21)/t12-,13-,14+/m0/s1. The summed E-state index contributed by atoms with van der Waals surface area (Å²) in [6.07, 6.45) is 1.60. The molecule has 2 amide bonds. The number of aromatic nitrogens is 1. The molecule has 6 heteroatoms. The number of pyridine rings is 1. The molecule has 6 nitrogen and oxygen atoms in total. The normalized spacial score (nSPS) is 23.8. The van der Waals surface area contributed by atoms with Gasteiger partial charge in [0, 0.05) is 44.2 Å². The van der Waals surface area contributed by atoms with E-state index in [4.69, 9.17) is 0 Å². The average molecular weight is 317 g/mol. The quantitative estimate of drug-likeness (QED) is 0.892. The van der Waals surface area contributed by atoms with Gasteiger partial charge >= 0.3 is 0 Å². The lowest BCUT2D eigenvalue weighted by Crippen LogP contribution is -2.54. The SMILES string of the molecule is CC[C@@H](NC(C)=O)C(=O)N1C[C@@H]2C[C@@H](C1)c1cccc(=O)n1C2. The molecule has 1 aromatic rings. The predicted molar refractivity (Wildman–Crippen MR) is 86.0 cm³/mol. The van der Waals surface area contributed by atoms with Gasteiger partial charge in [0.15, 0.2) is 0 Å². The molecule has 3 heterocycles. The number of nitrogens with one attached hydrogen (secondary N) is 1. The van der Waals surface area contributed by atoms with Crippen LogP contribution in [0.3, 0.4) is 0 Å². The van der Waals surface area contributed by atoms with Crippen LogP contribution in [0.4, 0.5) is 0 Å². The molecule has 3 atom stereocenters. The molecule has 1 N–H and O–H groups in total. The van der Waals surface area contributed by atoms with Crippen LogP contribution in [-0.2, 0) is 16.1 Å². The molecule has 2 bridgehead atoms. The highest BCUT2D eigenvalue weighted by Gasteiger charge is 2.37. The highest BCUT2D eigenvalue weighted by Crippen LogP contribution is 2.35. The number of hydrogen-bond acceptors (Lipinski definition) is 3. The van der Waals surface area contributed by atoms with Crippen LogP contribution >= 0.6 is 0 Å². The third-order valence-electron chi connectivity index (χ3n) is 4.88. The van der Waals surface area contributed by atoms with E-state index < -0.39 is 6.04 Å². The van der Waals surface area contributed by atoms with Gasteiger partial charge in [-0.05, 0) is 24.8 Å². The summed E-state index contributed by atoms with van der Waals surface area (Å²) in [7, 11) is 0. The van der Waals surface area contributed by atoms with Gasteiger partial charge < -0.3 is 14.8 Å². The van der Waals surface area contributed by atoms with Gasteiger partial charge in [0.2, 0.25) is 11.8 Å². The molecule has 0 saturated carbocycles. The van der Waals surface area contributed by atoms with Gasteiger partial charge in [-0.2, -0.15) is 0 Å². The van der Waals surface area contributed by atoms with Crippen molar-refractivity contribution in [3.8, 4) is 0 Å². The van der Waals surface area contributed by atoms with E-state index in [0.717, 1.165) is 12.1 Å². The van der Waals surface area contributed by atoms with E-state index in [-0.39, 0.29) is 23.3 Å². The smallest absolute Gasteiger partial charge is 0.250 e. The average Bonchev–Trinajstić information content (AvgIpc) is 2.52. The zero-order valence-corrected chi connectivity index (χ0v) is 13.6. The zero-order chi connectivity index (χ0) is 16.6. The van der Waals surface area contributed by atoms with Crippen molar-refractivity contribution in [1.29, 1.82) is 0 Å². The Morgan fingerprint density at radius 1 is 1.30 bits per heavy atom. The molecule has 1 aromatic heterocycles. The second-order valence-corrected chi connectivity index (χ2v) is 6.60. The number of likely N-dealkylation sites (tertiary alicyclic amines) is 1. The van der Waals surface area contributed by atoms with Crippen molar-refractivity contribution in [2.75, 3.05) is 13.1 Å². The van der Waals surface area contributed by atoms with Crippen molar-refractivity contribution in [3.63, 3.8) is 0 Å². The van der Waals surface area contributed by atoms with E-state index in [1.807, 2.05) is 22.5 Å². The molecule has 2 aliphatic heterocycles. The minimum Gasteiger partial charge on any atom is -0.345 e. The fourth-order valence-corrected chi connectivity index (χ4v) is 3.88. The summed E-state index contributed by atoms with van der Waals surface area (Å²) in [5, 5.41) is 2.74. The maximum atomic E-state index is 12.7. The lowest BCUT2D eigenvalue weighted by molar-refractivity contribution is -0.138. The second kappa shape index (κ2) is 6.18. The van der Waals surface area contributed by atoms with Crippen molar-refractivity contribution >= 4 is 11.8 Å². The molecular weight excluding hydrogens is 294 g/mol. The Bertz CT molecular complexity index is 682. The van der Waals surface area contributed by atoms with Crippen molar-refractivity contribution in [3.05, 3.63) is 34.2 Å². The van der Waals surface area contributed by atoms with Crippen molar-refractivity contribution in [2.24, 2.45) is 5.92 Å². The Kier molecular flexibility index (Phi) is 4.24. The minimum absolute atomic E-state index is 0.0101. The van der Waals surface area contributed by atoms with Gasteiger partial charge in [-0.25, -0.2) is 0 Å². The van der Waals surface area contributed by atoms with Crippen LogP contribution < -0.4 is 10.9 Å². The lowest BCUT2D eigenvalue weighted by Gasteiger charge is -2.43. The summed E-state index contributed by atoms with van der Waals surface area (Å²) in [6.45, 7) is 5.29. The van der Waals surface area contributed by atoms with Gasteiger partial charge in [0.05, 0.1) is 0 Å². The molecule has 1 saturated heterocycles. The molecular formula is C17H23N3O3. The first-order valence-corrected chi connectivity index (χ1v) is 8.25. The van der Waals surface area contributed by atoms with Crippen LogP contribution in [0, 0.1) is 5.92 Å². The Balaban J connectivity index is 1.81. The molecule has 0 unspecified atom stereocenters. The lowest BCUT2D eigenvalue weighted by atomic mass is 9.83. The fourth-order valence-electron chi connectivity index (χ4n) is 3.88. The van der Waals surface area contributed by atoms with Crippen LogP contribution in [-0.4, -0.2) is 40.4 Å². The number of piperidine rings is 1. The van der Waals surface area contributed by atoms with Crippen LogP contribution in [0.5, 0.6) is 0 Å². The zero-order valence-electron chi connectivity index (χ0n) is 13.6. The molecule has 0 aromatic carbocycles. The molecule has 3 rings (SSSR count). The first kappa shape index (κ1) is 15.8. The number of nitrogens with zero attached hydrogens (tertiary/aromatic N) is 2. The highest BCUT2D eigenvalue weighted by molar-refractivity contribution is 5.87. The van der Waals surface area contributed by atoms with E-state index in [1.165, 1.54) is 6.92 Å². The molecule has 124 valence electrons. The number of carbonyl (C=O) groups is 2. The van der Waals surface area contributed by atoms with Crippen LogP contribution in [0.1, 0.15) is 38.3 Å². The van der Waals surface area contributed by atoms with E-state index >= 15 is 0 Å². The Hall–Kier alpha value is -2.11. The van der Waals surface area contributed by atoms with Crippen molar-refractivity contribution in [2.45, 2.75) is 45.2 Å². The van der Waals surface area contributed by atoms with Gasteiger partial charge in [-0.15, -0.1) is 0 Å². The van der Waals surface area contributed by atoms with Crippen LogP contribution in [0.15, 0.2) is 23.0 Å². The summed E-state index contributed by atoms with van der Waals surface area (Å²) in [6, 6.07) is 4.92. The monoisotopic (exact) mass is 317 g/mol. The summed E-state index contributed by atoms with van der Waals surface area (Å²) >= 11 is 0. The van der Waals surface area contributed by atoms with Crippen molar-refractivity contribution in [1.82, 2.24) is 14.8 Å². The maximum absolute atomic E-state index is 12.7. The predicted octanol–water partition coefficient (Wildman–Crippen LogP) is 0.709. The van der Waals surface area contributed by atoms with Gasteiger partial charge in [-0.1, -0.05) is 13.0 Å². The summed E-state index contributed by atoms with van der Waals surface area (Å²) < 4.78 is 1.85. The molecule has 0 spiro atoms. The largest absolute Gasteiger partial charge is 0.345 e. The number of carbonyl (C=O) groups excluding carboxylic acids is 2. The molecule has 0 aliphatic carbocycles. The maximum Gasteiger partial charge on any atom is 0.250 e. The first-order valence-electron chi connectivity index (χ1n) is 8.25. The summed E-state index contributed by atoms with van der Waals surface area (Å²) in [5.74, 6) is 0.318. The highest BCUT2D eigenvalue weighted by atomic mass is 16.2. The molecule has 23 heavy (non-hydrogen) atoms. The Morgan fingerprint density at radius 3 is 2.78 bits per heavy atom. The third kappa shape index (κ3) is 3.02. The van der Waals surface area contributed by atoms with E-state index in [1.54, 1.807) is 12.1 Å².